The molecule has 0 aliphatic heterocycles. The largest absolute Gasteiger partial charge is 0.316 e. The summed E-state index contributed by atoms with van der Waals surface area (Å²) < 4.78 is 0. The lowest BCUT2D eigenvalue weighted by atomic mass is 9.92. The molecule has 1 N–H and O–H groups in total. The van der Waals surface area contributed by atoms with E-state index in [0.717, 1.165) is 11.9 Å². The number of fused-ring (bicyclic) bond motifs is 1. The van der Waals surface area contributed by atoms with E-state index in [1.54, 1.807) is 0 Å². The normalized spacial score (nSPS) is 14.6. The summed E-state index contributed by atoms with van der Waals surface area (Å²) in [5.41, 5.74) is 2.48. The van der Waals surface area contributed by atoms with Crippen LogP contribution in [-0.2, 0) is 6.42 Å². The van der Waals surface area contributed by atoms with E-state index >= 15 is 0 Å². The molecule has 0 saturated heterocycles. The predicted molar refractivity (Wildman–Crippen MR) is 77.7 cm³/mol. The molecule has 1 heterocycles. The Balaban J connectivity index is 2.30. The Morgan fingerprint density at radius 3 is 2.72 bits per heavy atom. The van der Waals surface area contributed by atoms with Gasteiger partial charge in [0.2, 0.25) is 0 Å². The van der Waals surface area contributed by atoms with E-state index in [-0.39, 0.29) is 0 Å². The van der Waals surface area contributed by atoms with E-state index in [1.807, 2.05) is 12.3 Å². The molecule has 2 unspecified atom stereocenters. The van der Waals surface area contributed by atoms with Crippen LogP contribution in [-0.4, -0.2) is 18.1 Å². The molecule has 0 aliphatic carbocycles. The Kier molecular flexibility index (Phi) is 4.32. The van der Waals surface area contributed by atoms with Gasteiger partial charge in [0.25, 0.3) is 0 Å². The highest BCUT2D eigenvalue weighted by Crippen LogP contribution is 2.20. The average molecular weight is 242 g/mol. The molecule has 2 rings (SSSR count). The summed E-state index contributed by atoms with van der Waals surface area (Å²) in [6.45, 7) is 4.56. The predicted octanol–water partition coefficient (Wildman–Crippen LogP) is 3.41. The zero-order valence-corrected chi connectivity index (χ0v) is 11.5. The number of pyridine rings is 1. The molecule has 2 nitrogen and oxygen atoms in total. The highest BCUT2D eigenvalue weighted by molar-refractivity contribution is 5.81. The second-order valence-corrected chi connectivity index (χ2v) is 4.97. The van der Waals surface area contributed by atoms with Crippen molar-refractivity contribution >= 4 is 10.9 Å². The topological polar surface area (TPSA) is 24.9 Å². The van der Waals surface area contributed by atoms with Gasteiger partial charge in [0.15, 0.2) is 0 Å². The van der Waals surface area contributed by atoms with Crippen LogP contribution in [0.4, 0.5) is 0 Å². The van der Waals surface area contributed by atoms with Gasteiger partial charge in [-0.1, -0.05) is 38.5 Å². The molecule has 0 bridgehead atoms. The lowest BCUT2D eigenvalue weighted by molar-refractivity contribution is 0.387. The zero-order valence-electron chi connectivity index (χ0n) is 11.5. The van der Waals surface area contributed by atoms with Crippen molar-refractivity contribution in [2.45, 2.75) is 32.7 Å². The number of hydrogen-bond donors (Lipinski definition) is 1. The molecule has 0 amide bonds. The molecule has 0 saturated carbocycles. The highest BCUT2D eigenvalue weighted by atomic mass is 14.9. The molecule has 2 atom stereocenters. The van der Waals surface area contributed by atoms with Crippen molar-refractivity contribution < 1.29 is 0 Å². The molecule has 0 aliphatic rings. The highest BCUT2D eigenvalue weighted by Gasteiger charge is 2.15. The fourth-order valence-corrected chi connectivity index (χ4v) is 2.44. The van der Waals surface area contributed by atoms with Crippen molar-refractivity contribution in [2.24, 2.45) is 5.92 Å². The fourth-order valence-electron chi connectivity index (χ4n) is 2.44. The molecule has 1 aromatic carbocycles. The van der Waals surface area contributed by atoms with Crippen molar-refractivity contribution in [1.29, 1.82) is 0 Å². The fraction of sp³-hybridized carbons (Fsp3) is 0.438. The number of nitrogens with one attached hydrogen (secondary N) is 1. The van der Waals surface area contributed by atoms with Gasteiger partial charge in [-0.3, -0.25) is 4.98 Å². The lowest BCUT2D eigenvalue weighted by Crippen LogP contribution is -2.33. The van der Waals surface area contributed by atoms with E-state index in [9.17, 15) is 0 Å². The molecule has 18 heavy (non-hydrogen) atoms. The Bertz CT molecular complexity index is 502. The van der Waals surface area contributed by atoms with Crippen LogP contribution < -0.4 is 5.32 Å². The van der Waals surface area contributed by atoms with E-state index in [2.05, 4.69) is 55.5 Å². The maximum Gasteiger partial charge on any atom is 0.0704 e. The Hall–Kier alpha value is -1.41. The van der Waals surface area contributed by atoms with Crippen LogP contribution in [0.3, 0.4) is 0 Å². The van der Waals surface area contributed by atoms with Crippen LogP contribution in [0, 0.1) is 5.92 Å². The van der Waals surface area contributed by atoms with Gasteiger partial charge in [-0.25, -0.2) is 0 Å². The van der Waals surface area contributed by atoms with E-state index in [0.29, 0.717) is 12.0 Å². The maximum absolute atomic E-state index is 4.42. The molecule has 2 aromatic rings. The summed E-state index contributed by atoms with van der Waals surface area (Å²) in [4.78, 5) is 4.42. The number of benzene rings is 1. The first kappa shape index (κ1) is 13.0. The number of aromatic nitrogens is 1. The second-order valence-electron chi connectivity index (χ2n) is 4.97. The monoisotopic (exact) mass is 242 g/mol. The lowest BCUT2D eigenvalue weighted by Gasteiger charge is -2.23. The number of nitrogens with zero attached hydrogens (tertiary/aromatic N) is 1. The first-order chi connectivity index (χ1) is 8.76. The number of rotatable bonds is 5. The van der Waals surface area contributed by atoms with Gasteiger partial charge >= 0.3 is 0 Å². The SMILES string of the molecule is CCC(C)C(Cc1ccnc2ccccc12)NC. The molecule has 0 fully saturated rings. The molecule has 1 aromatic heterocycles. The van der Waals surface area contributed by atoms with Crippen molar-refractivity contribution in [3.05, 3.63) is 42.1 Å². The Morgan fingerprint density at radius 1 is 1.22 bits per heavy atom. The molecule has 0 spiro atoms. The number of likely N-dealkylation sites (N-methyl/N-ethyl adjacent to an activating group) is 1. The van der Waals surface area contributed by atoms with Crippen LogP contribution in [0.15, 0.2) is 36.5 Å². The van der Waals surface area contributed by atoms with Gasteiger partial charge in [0.1, 0.15) is 0 Å². The third-order valence-corrected chi connectivity index (χ3v) is 3.88. The average Bonchev–Trinajstić information content (AvgIpc) is 2.44. The minimum Gasteiger partial charge on any atom is -0.316 e. The van der Waals surface area contributed by atoms with Crippen LogP contribution in [0.1, 0.15) is 25.8 Å². The van der Waals surface area contributed by atoms with E-state index < -0.39 is 0 Å². The maximum atomic E-state index is 4.42. The molecule has 96 valence electrons. The third-order valence-electron chi connectivity index (χ3n) is 3.88. The van der Waals surface area contributed by atoms with E-state index in [1.165, 1.54) is 17.4 Å². The molecule has 2 heteroatoms. The van der Waals surface area contributed by atoms with Crippen LogP contribution in [0.25, 0.3) is 10.9 Å². The summed E-state index contributed by atoms with van der Waals surface area (Å²) >= 11 is 0. The minimum atomic E-state index is 0.529. The molecular weight excluding hydrogens is 220 g/mol. The summed E-state index contributed by atoms with van der Waals surface area (Å²) in [5.74, 6) is 0.682. The van der Waals surface area contributed by atoms with Gasteiger partial charge in [-0.2, -0.15) is 0 Å². The summed E-state index contributed by atoms with van der Waals surface area (Å²) in [6.07, 6.45) is 4.18. The quantitative estimate of drug-likeness (QED) is 0.869. The third kappa shape index (κ3) is 2.70. The van der Waals surface area contributed by atoms with Crippen LogP contribution in [0.2, 0.25) is 0 Å². The Labute approximate surface area is 109 Å². The zero-order chi connectivity index (χ0) is 13.0. The van der Waals surface area contributed by atoms with Crippen molar-refractivity contribution in [3.8, 4) is 0 Å². The van der Waals surface area contributed by atoms with Gasteiger partial charge in [0.05, 0.1) is 5.52 Å². The van der Waals surface area contributed by atoms with E-state index in [4.69, 9.17) is 0 Å². The molecular formula is C16H22N2. The number of para-hydroxylation sites is 1. The standard InChI is InChI=1S/C16H22N2/c1-4-12(2)16(17-3)11-13-9-10-18-15-8-6-5-7-14(13)15/h5-10,12,16-17H,4,11H2,1-3H3. The first-order valence-corrected chi connectivity index (χ1v) is 6.76. The van der Waals surface area contributed by atoms with Crippen LogP contribution >= 0.6 is 0 Å². The summed E-state index contributed by atoms with van der Waals surface area (Å²) in [7, 11) is 2.06. The van der Waals surface area contributed by atoms with Crippen molar-refractivity contribution in [2.75, 3.05) is 7.05 Å². The smallest absolute Gasteiger partial charge is 0.0704 e. The molecule has 0 radical (unpaired) electrons. The van der Waals surface area contributed by atoms with Gasteiger partial charge < -0.3 is 5.32 Å². The second kappa shape index (κ2) is 5.96. The van der Waals surface area contributed by atoms with Crippen molar-refractivity contribution in [1.82, 2.24) is 10.3 Å². The minimum absolute atomic E-state index is 0.529. The number of hydrogen-bond acceptors (Lipinski definition) is 2. The van der Waals surface area contributed by atoms with Crippen molar-refractivity contribution in [3.63, 3.8) is 0 Å². The van der Waals surface area contributed by atoms with Gasteiger partial charge in [-0.15, -0.1) is 0 Å². The first-order valence-electron chi connectivity index (χ1n) is 6.76. The van der Waals surface area contributed by atoms with Gasteiger partial charge in [0, 0.05) is 17.6 Å². The summed E-state index contributed by atoms with van der Waals surface area (Å²) in [5, 5.41) is 4.73. The Morgan fingerprint density at radius 2 is 2.00 bits per heavy atom. The van der Waals surface area contributed by atoms with Gasteiger partial charge in [-0.05, 0) is 37.1 Å². The summed E-state index contributed by atoms with van der Waals surface area (Å²) in [6, 6.07) is 11.1. The van der Waals surface area contributed by atoms with Crippen LogP contribution in [0.5, 0.6) is 0 Å².